The first-order valence-corrected chi connectivity index (χ1v) is 8.61. The highest BCUT2D eigenvalue weighted by Crippen LogP contribution is 2.46. The maximum absolute atomic E-state index is 11.0. The van der Waals surface area contributed by atoms with Crippen LogP contribution < -0.4 is 0 Å². The van der Waals surface area contributed by atoms with Gasteiger partial charge in [0.15, 0.2) is 0 Å². The van der Waals surface area contributed by atoms with Crippen molar-refractivity contribution in [2.75, 3.05) is 0 Å². The van der Waals surface area contributed by atoms with Gasteiger partial charge in [0.1, 0.15) is 0 Å². The summed E-state index contributed by atoms with van der Waals surface area (Å²) in [7, 11) is 0. The molecule has 0 bridgehead atoms. The molecule has 0 spiro atoms. The van der Waals surface area contributed by atoms with Crippen LogP contribution in [-0.4, -0.2) is 21.9 Å². The van der Waals surface area contributed by atoms with Crippen molar-refractivity contribution in [1.29, 1.82) is 0 Å². The third-order valence-corrected chi connectivity index (χ3v) is 5.71. The monoisotopic (exact) mass is 304 g/mol. The minimum Gasteiger partial charge on any atom is -0.392 e. The fourth-order valence-corrected chi connectivity index (χ4v) is 4.20. The normalized spacial score (nSPS) is 34.1. The summed E-state index contributed by atoms with van der Waals surface area (Å²) in [6, 6.07) is 0. The van der Waals surface area contributed by atoms with Crippen LogP contribution in [0.15, 0.2) is 34.9 Å². The van der Waals surface area contributed by atoms with Crippen LogP contribution in [0.3, 0.4) is 0 Å². The number of hydrogen-bond acceptors (Lipinski definition) is 2. The van der Waals surface area contributed by atoms with E-state index < -0.39 is 11.7 Å². The molecule has 0 heterocycles. The summed E-state index contributed by atoms with van der Waals surface area (Å²) in [5.74, 6) is 0.511. The Labute approximate surface area is 135 Å². The molecule has 2 N–H and O–H groups in total. The quantitative estimate of drug-likeness (QED) is 0.756. The fourth-order valence-electron chi connectivity index (χ4n) is 4.20. The predicted molar refractivity (Wildman–Crippen MR) is 92.5 cm³/mol. The van der Waals surface area contributed by atoms with Gasteiger partial charge in [-0.1, -0.05) is 34.9 Å². The predicted octanol–water partition coefficient (Wildman–Crippen LogP) is 4.39. The van der Waals surface area contributed by atoms with E-state index in [1.54, 1.807) is 0 Å². The van der Waals surface area contributed by atoms with E-state index in [-0.39, 0.29) is 11.8 Å². The molecule has 0 fully saturated rings. The third kappa shape index (κ3) is 3.55. The number of fused-ring (bicyclic) bond motifs is 1. The minimum atomic E-state index is -0.833. The van der Waals surface area contributed by atoms with Gasteiger partial charge in [0.05, 0.1) is 11.7 Å². The Morgan fingerprint density at radius 3 is 2.50 bits per heavy atom. The summed E-state index contributed by atoms with van der Waals surface area (Å²) < 4.78 is 0. The first-order chi connectivity index (χ1) is 10.2. The van der Waals surface area contributed by atoms with Crippen LogP contribution in [-0.2, 0) is 0 Å². The number of aliphatic hydroxyl groups excluding tert-OH is 1. The highest BCUT2D eigenvalue weighted by atomic mass is 16.3. The lowest BCUT2D eigenvalue weighted by molar-refractivity contribution is -0.0774. The van der Waals surface area contributed by atoms with Gasteiger partial charge in [-0.3, -0.25) is 0 Å². The second-order valence-electron chi connectivity index (χ2n) is 7.77. The Hall–Kier alpha value is -0.860. The maximum atomic E-state index is 11.0. The molecule has 0 amide bonds. The van der Waals surface area contributed by atoms with Gasteiger partial charge in [-0.15, -0.1) is 0 Å². The second kappa shape index (κ2) is 6.72. The SMILES string of the molecule is CC(C)=CCCC(C)(O)C1CC=C(C)C2CC=C(C)C2C1O. The van der Waals surface area contributed by atoms with Gasteiger partial charge in [0.25, 0.3) is 0 Å². The first kappa shape index (κ1) is 17.5. The highest BCUT2D eigenvalue weighted by molar-refractivity contribution is 5.26. The molecule has 0 aromatic carbocycles. The van der Waals surface area contributed by atoms with Crippen molar-refractivity contribution in [2.45, 2.75) is 72.0 Å². The van der Waals surface area contributed by atoms with Gasteiger partial charge in [0, 0.05) is 11.8 Å². The van der Waals surface area contributed by atoms with Crippen LogP contribution in [0, 0.1) is 17.8 Å². The van der Waals surface area contributed by atoms with Crippen molar-refractivity contribution >= 4 is 0 Å². The van der Waals surface area contributed by atoms with E-state index in [4.69, 9.17) is 0 Å². The second-order valence-corrected chi connectivity index (χ2v) is 7.77. The molecule has 0 aliphatic heterocycles. The average molecular weight is 304 g/mol. The van der Waals surface area contributed by atoms with Gasteiger partial charge in [-0.25, -0.2) is 0 Å². The Balaban J connectivity index is 2.19. The molecule has 0 saturated heterocycles. The van der Waals surface area contributed by atoms with E-state index in [9.17, 15) is 10.2 Å². The molecule has 2 aliphatic carbocycles. The molecule has 124 valence electrons. The van der Waals surface area contributed by atoms with Crippen molar-refractivity contribution in [1.82, 2.24) is 0 Å². The Bertz CT molecular complexity index is 492. The smallest absolute Gasteiger partial charge is 0.0678 e. The van der Waals surface area contributed by atoms with E-state index in [1.807, 2.05) is 6.92 Å². The number of allylic oxidation sites excluding steroid dienone is 5. The molecule has 0 aromatic heterocycles. The van der Waals surface area contributed by atoms with E-state index in [1.165, 1.54) is 16.7 Å². The Morgan fingerprint density at radius 2 is 1.86 bits per heavy atom. The molecule has 5 unspecified atom stereocenters. The lowest BCUT2D eigenvalue weighted by Gasteiger charge is -2.38. The van der Waals surface area contributed by atoms with Crippen molar-refractivity contribution in [3.8, 4) is 0 Å². The molecule has 0 aromatic rings. The fraction of sp³-hybridized carbons (Fsp3) is 0.700. The van der Waals surface area contributed by atoms with Gasteiger partial charge in [-0.2, -0.15) is 0 Å². The van der Waals surface area contributed by atoms with E-state index in [0.29, 0.717) is 12.3 Å². The van der Waals surface area contributed by atoms with Crippen molar-refractivity contribution in [3.05, 3.63) is 34.9 Å². The zero-order valence-corrected chi connectivity index (χ0v) is 14.8. The van der Waals surface area contributed by atoms with Crippen LogP contribution in [0.1, 0.15) is 60.3 Å². The van der Waals surface area contributed by atoms with Crippen LogP contribution in [0.5, 0.6) is 0 Å². The zero-order valence-electron chi connectivity index (χ0n) is 14.8. The summed E-state index contributed by atoms with van der Waals surface area (Å²) in [5.41, 5.74) is 3.11. The summed E-state index contributed by atoms with van der Waals surface area (Å²) in [6.07, 6.45) is 9.59. The van der Waals surface area contributed by atoms with Crippen molar-refractivity contribution < 1.29 is 10.2 Å². The molecular weight excluding hydrogens is 272 g/mol. The standard InChI is InChI=1S/C20H32O2/c1-13(2)7-6-12-20(5,22)17-11-9-14(3)16-10-8-15(4)18(16)19(17)21/h7-9,16-19,21-22H,6,10-12H2,1-5H3. The third-order valence-electron chi connectivity index (χ3n) is 5.71. The lowest BCUT2D eigenvalue weighted by Crippen LogP contribution is -2.45. The molecule has 2 aliphatic rings. The number of aliphatic hydroxyl groups is 2. The van der Waals surface area contributed by atoms with E-state index in [0.717, 1.165) is 19.3 Å². The topological polar surface area (TPSA) is 40.5 Å². The largest absolute Gasteiger partial charge is 0.392 e. The summed E-state index contributed by atoms with van der Waals surface area (Å²) in [4.78, 5) is 0. The van der Waals surface area contributed by atoms with Crippen LogP contribution in [0.2, 0.25) is 0 Å². The van der Waals surface area contributed by atoms with Crippen molar-refractivity contribution in [3.63, 3.8) is 0 Å². The number of hydrogen-bond donors (Lipinski definition) is 2. The lowest BCUT2D eigenvalue weighted by atomic mass is 9.73. The molecular formula is C20H32O2. The van der Waals surface area contributed by atoms with E-state index >= 15 is 0 Å². The van der Waals surface area contributed by atoms with Gasteiger partial charge >= 0.3 is 0 Å². The minimum absolute atomic E-state index is 0.0931. The van der Waals surface area contributed by atoms with Gasteiger partial charge in [-0.05, 0) is 66.2 Å². The molecule has 0 radical (unpaired) electrons. The van der Waals surface area contributed by atoms with Crippen LogP contribution >= 0.6 is 0 Å². The maximum Gasteiger partial charge on any atom is 0.0678 e. The van der Waals surface area contributed by atoms with Crippen molar-refractivity contribution in [2.24, 2.45) is 17.8 Å². The van der Waals surface area contributed by atoms with Gasteiger partial charge in [0.2, 0.25) is 0 Å². The molecule has 2 heteroatoms. The summed E-state index contributed by atoms with van der Waals surface area (Å²) >= 11 is 0. The van der Waals surface area contributed by atoms with Gasteiger partial charge < -0.3 is 10.2 Å². The molecule has 2 nitrogen and oxygen atoms in total. The Kier molecular flexibility index (Phi) is 5.34. The van der Waals surface area contributed by atoms with Crippen LogP contribution in [0.25, 0.3) is 0 Å². The van der Waals surface area contributed by atoms with E-state index in [2.05, 4.69) is 45.9 Å². The first-order valence-electron chi connectivity index (χ1n) is 8.61. The van der Waals surface area contributed by atoms with Crippen LogP contribution in [0.4, 0.5) is 0 Å². The number of rotatable bonds is 4. The summed E-state index contributed by atoms with van der Waals surface area (Å²) in [5, 5.41) is 22.0. The molecule has 0 saturated carbocycles. The molecule has 5 atom stereocenters. The Morgan fingerprint density at radius 1 is 1.23 bits per heavy atom. The molecule has 22 heavy (non-hydrogen) atoms. The average Bonchev–Trinajstić information content (AvgIpc) is 2.73. The highest BCUT2D eigenvalue weighted by Gasteiger charge is 2.45. The summed E-state index contributed by atoms with van der Waals surface area (Å²) in [6.45, 7) is 10.4. The zero-order chi connectivity index (χ0) is 16.5. The molecule has 2 rings (SSSR count).